The van der Waals surface area contributed by atoms with Gasteiger partial charge in [-0.15, -0.1) is 0 Å². The van der Waals surface area contributed by atoms with E-state index in [1.165, 1.54) is 0 Å². The number of carbonyl (C=O) groups is 1. The van der Waals surface area contributed by atoms with Gasteiger partial charge < -0.3 is 4.90 Å². The van der Waals surface area contributed by atoms with Gasteiger partial charge in [0.2, 0.25) is 5.91 Å². The van der Waals surface area contributed by atoms with Crippen LogP contribution < -0.4 is 0 Å². The molecule has 0 fully saturated rings. The summed E-state index contributed by atoms with van der Waals surface area (Å²) in [7, 11) is 5.51. The smallest absolute Gasteiger partial charge is 0.239 e. The molecule has 5 nitrogen and oxygen atoms in total. The van der Waals surface area contributed by atoms with Crippen molar-refractivity contribution in [1.82, 2.24) is 19.6 Å². The van der Waals surface area contributed by atoms with Crippen LogP contribution in [0.1, 0.15) is 12.6 Å². The molecule has 0 N–H and O–H groups in total. The molecule has 5 heteroatoms. The molecule has 1 aromatic heterocycles. The van der Waals surface area contributed by atoms with Crippen molar-refractivity contribution in [3.8, 4) is 5.69 Å². The third-order valence-corrected chi connectivity index (χ3v) is 3.59. The van der Waals surface area contributed by atoms with E-state index >= 15 is 0 Å². The molecule has 21 heavy (non-hydrogen) atoms. The molecule has 1 aromatic carbocycles. The van der Waals surface area contributed by atoms with Gasteiger partial charge in [0.25, 0.3) is 0 Å². The Labute approximate surface area is 125 Å². The van der Waals surface area contributed by atoms with Crippen LogP contribution in [-0.4, -0.2) is 52.7 Å². The molecule has 1 atom stereocenters. The number of amides is 1. The van der Waals surface area contributed by atoms with Crippen molar-refractivity contribution in [1.29, 1.82) is 0 Å². The standard InChI is InChI=1S/C16H22N4O/c1-13(16(21)18(2)3)19(4)12-15-10-11-17-20(15)14-8-6-5-7-9-14/h5-11,13H,12H2,1-4H3/t13-/m0/s1. The zero-order valence-corrected chi connectivity index (χ0v) is 13.0. The molecule has 0 bridgehead atoms. The molecular weight excluding hydrogens is 264 g/mol. The highest BCUT2D eigenvalue weighted by Gasteiger charge is 2.20. The fourth-order valence-corrected chi connectivity index (χ4v) is 2.21. The van der Waals surface area contributed by atoms with E-state index in [9.17, 15) is 4.79 Å². The minimum absolute atomic E-state index is 0.100. The zero-order valence-electron chi connectivity index (χ0n) is 13.0. The average molecular weight is 286 g/mol. The Bertz CT molecular complexity index is 591. The first-order valence-corrected chi connectivity index (χ1v) is 7.00. The van der Waals surface area contributed by atoms with Gasteiger partial charge in [0, 0.05) is 26.8 Å². The van der Waals surface area contributed by atoms with Crippen LogP contribution in [0.4, 0.5) is 0 Å². The Morgan fingerprint density at radius 1 is 1.19 bits per heavy atom. The molecule has 1 heterocycles. The van der Waals surface area contributed by atoms with Crippen LogP contribution in [0.3, 0.4) is 0 Å². The van der Waals surface area contributed by atoms with Crippen LogP contribution in [-0.2, 0) is 11.3 Å². The lowest BCUT2D eigenvalue weighted by atomic mass is 10.2. The maximum atomic E-state index is 12.0. The molecule has 0 spiro atoms. The van der Waals surface area contributed by atoms with E-state index in [4.69, 9.17) is 0 Å². The number of benzene rings is 1. The summed E-state index contributed by atoms with van der Waals surface area (Å²) in [5.41, 5.74) is 2.08. The number of rotatable bonds is 5. The largest absolute Gasteiger partial charge is 0.347 e. The van der Waals surface area contributed by atoms with E-state index in [2.05, 4.69) is 5.10 Å². The van der Waals surface area contributed by atoms with Crippen LogP contribution in [0, 0.1) is 0 Å². The van der Waals surface area contributed by atoms with E-state index < -0.39 is 0 Å². The molecule has 112 valence electrons. The average Bonchev–Trinajstić information content (AvgIpc) is 2.94. The van der Waals surface area contributed by atoms with Crippen LogP contribution >= 0.6 is 0 Å². The maximum absolute atomic E-state index is 12.0. The molecule has 0 aliphatic rings. The van der Waals surface area contributed by atoms with Crippen molar-refractivity contribution in [2.45, 2.75) is 19.5 Å². The number of aromatic nitrogens is 2. The topological polar surface area (TPSA) is 41.4 Å². The van der Waals surface area contributed by atoms with Gasteiger partial charge in [0.15, 0.2) is 0 Å². The van der Waals surface area contributed by atoms with Crippen molar-refractivity contribution in [3.05, 3.63) is 48.3 Å². The van der Waals surface area contributed by atoms with Crippen molar-refractivity contribution in [2.24, 2.45) is 0 Å². The molecule has 0 saturated heterocycles. The van der Waals surface area contributed by atoms with Crippen LogP contribution in [0.25, 0.3) is 5.69 Å². The molecule has 0 aliphatic heterocycles. The first kappa shape index (κ1) is 15.3. The van der Waals surface area contributed by atoms with Crippen molar-refractivity contribution >= 4 is 5.91 Å². The molecule has 2 rings (SSSR count). The normalized spacial score (nSPS) is 12.4. The highest BCUT2D eigenvalue weighted by molar-refractivity contribution is 5.80. The molecule has 0 unspecified atom stereocenters. The predicted octanol–water partition coefficient (Wildman–Crippen LogP) is 1.78. The molecular formula is C16H22N4O. The Kier molecular flexibility index (Phi) is 4.75. The second-order valence-electron chi connectivity index (χ2n) is 5.39. The van der Waals surface area contributed by atoms with Crippen LogP contribution in [0.5, 0.6) is 0 Å². The molecule has 2 aromatic rings. The molecule has 0 saturated carbocycles. The minimum Gasteiger partial charge on any atom is -0.347 e. The van der Waals surface area contributed by atoms with Gasteiger partial charge in [-0.2, -0.15) is 5.10 Å². The summed E-state index contributed by atoms with van der Waals surface area (Å²) in [5, 5.41) is 4.37. The summed E-state index contributed by atoms with van der Waals surface area (Å²) in [4.78, 5) is 15.7. The van der Waals surface area contributed by atoms with E-state index in [1.807, 2.05) is 60.0 Å². The summed E-state index contributed by atoms with van der Waals surface area (Å²) >= 11 is 0. The fourth-order valence-electron chi connectivity index (χ4n) is 2.21. The quantitative estimate of drug-likeness (QED) is 0.841. The Hall–Kier alpha value is -2.14. The van der Waals surface area contributed by atoms with Gasteiger partial charge in [-0.05, 0) is 32.2 Å². The third kappa shape index (κ3) is 3.49. The molecule has 1 amide bonds. The lowest BCUT2D eigenvalue weighted by Gasteiger charge is -2.26. The first-order chi connectivity index (χ1) is 10.0. The predicted molar refractivity (Wildman–Crippen MR) is 83.2 cm³/mol. The summed E-state index contributed by atoms with van der Waals surface area (Å²) in [5.74, 6) is 0.100. The monoisotopic (exact) mass is 286 g/mol. The summed E-state index contributed by atoms with van der Waals surface area (Å²) < 4.78 is 1.91. The summed E-state index contributed by atoms with van der Waals surface area (Å²) in [6, 6.07) is 11.8. The summed E-state index contributed by atoms with van der Waals surface area (Å²) in [6.45, 7) is 2.58. The Morgan fingerprint density at radius 3 is 2.48 bits per heavy atom. The summed E-state index contributed by atoms with van der Waals surface area (Å²) in [6.07, 6.45) is 1.79. The molecule has 0 aliphatic carbocycles. The number of hydrogen-bond donors (Lipinski definition) is 0. The molecule has 0 radical (unpaired) electrons. The first-order valence-electron chi connectivity index (χ1n) is 7.00. The van der Waals surface area contributed by atoms with E-state index in [-0.39, 0.29) is 11.9 Å². The lowest BCUT2D eigenvalue weighted by Crippen LogP contribution is -2.42. The van der Waals surface area contributed by atoms with Gasteiger partial charge >= 0.3 is 0 Å². The van der Waals surface area contributed by atoms with E-state index in [0.717, 1.165) is 11.4 Å². The van der Waals surface area contributed by atoms with E-state index in [1.54, 1.807) is 25.2 Å². The second kappa shape index (κ2) is 6.54. The maximum Gasteiger partial charge on any atom is 0.239 e. The minimum atomic E-state index is -0.167. The number of nitrogens with zero attached hydrogens (tertiary/aromatic N) is 4. The lowest BCUT2D eigenvalue weighted by molar-refractivity contribution is -0.133. The van der Waals surface area contributed by atoms with Crippen molar-refractivity contribution < 1.29 is 4.79 Å². The highest BCUT2D eigenvalue weighted by atomic mass is 16.2. The SMILES string of the molecule is C[C@@H](C(=O)N(C)C)N(C)Cc1ccnn1-c1ccccc1. The van der Waals surface area contributed by atoms with Crippen molar-refractivity contribution in [2.75, 3.05) is 21.1 Å². The Balaban J connectivity index is 2.14. The number of hydrogen-bond acceptors (Lipinski definition) is 3. The van der Waals surface area contributed by atoms with Gasteiger partial charge in [-0.3, -0.25) is 9.69 Å². The second-order valence-corrected chi connectivity index (χ2v) is 5.39. The zero-order chi connectivity index (χ0) is 15.4. The van der Waals surface area contributed by atoms with Gasteiger partial charge in [0.05, 0.1) is 17.4 Å². The number of para-hydroxylation sites is 1. The van der Waals surface area contributed by atoms with E-state index in [0.29, 0.717) is 6.54 Å². The van der Waals surface area contributed by atoms with Crippen molar-refractivity contribution in [3.63, 3.8) is 0 Å². The van der Waals surface area contributed by atoms with Gasteiger partial charge in [-0.1, -0.05) is 18.2 Å². The van der Waals surface area contributed by atoms with Gasteiger partial charge in [0.1, 0.15) is 0 Å². The fraction of sp³-hybridized carbons (Fsp3) is 0.375. The highest BCUT2D eigenvalue weighted by Crippen LogP contribution is 2.13. The number of likely N-dealkylation sites (N-methyl/N-ethyl adjacent to an activating group) is 2. The number of carbonyl (C=O) groups excluding carboxylic acids is 1. The Morgan fingerprint density at radius 2 is 1.86 bits per heavy atom. The third-order valence-electron chi connectivity index (χ3n) is 3.59. The van der Waals surface area contributed by atoms with Crippen LogP contribution in [0.15, 0.2) is 42.6 Å². The van der Waals surface area contributed by atoms with Gasteiger partial charge in [-0.25, -0.2) is 4.68 Å². The van der Waals surface area contributed by atoms with Crippen LogP contribution in [0.2, 0.25) is 0 Å².